The molecule has 0 saturated carbocycles. The van der Waals surface area contributed by atoms with E-state index in [0.29, 0.717) is 0 Å². The largest absolute Gasteiger partial charge is 1.00 e. The Labute approximate surface area is 90.2 Å². The maximum atomic E-state index is 10.7. The minimum Gasteiger partial charge on any atom is -0.772 e. The second-order valence-electron chi connectivity index (χ2n) is 2.29. The number of sulfone groups is 1. The molecule has 11 heavy (non-hydrogen) atoms. The van der Waals surface area contributed by atoms with Crippen LogP contribution in [0.2, 0.25) is 0 Å². The smallest absolute Gasteiger partial charge is 0.772 e. The zero-order valence-electron chi connectivity index (χ0n) is 6.15. The Kier molecular flexibility index (Phi) is 4.76. The summed E-state index contributed by atoms with van der Waals surface area (Å²) in [5.41, 5.74) is 0. The van der Waals surface area contributed by atoms with Gasteiger partial charge in [0, 0.05) is 5.25 Å². The van der Waals surface area contributed by atoms with E-state index < -0.39 is 26.2 Å². The van der Waals surface area contributed by atoms with Crippen molar-refractivity contribution in [3.8, 4) is 0 Å². The maximum absolute atomic E-state index is 10.7. The second kappa shape index (κ2) is 4.34. The van der Waals surface area contributed by atoms with Crippen LogP contribution < -0.4 is 29.6 Å². The summed E-state index contributed by atoms with van der Waals surface area (Å²) in [5, 5.41) is -0.662. The first-order valence-electron chi connectivity index (χ1n) is 2.80. The van der Waals surface area contributed by atoms with Crippen LogP contribution in [0.1, 0.15) is 6.42 Å². The summed E-state index contributed by atoms with van der Waals surface area (Å²) in [7, 11) is -3.03. The molecule has 1 heterocycles. The predicted octanol–water partition coefficient (Wildman–Crippen LogP) is -3.94. The molecule has 1 saturated heterocycles. The molecule has 2 unspecified atom stereocenters. The fraction of sp³-hybridized carbons (Fsp3) is 1.00. The Morgan fingerprint density at radius 1 is 1.45 bits per heavy atom. The van der Waals surface area contributed by atoms with Gasteiger partial charge in [-0.25, -0.2) is 8.42 Å². The molecule has 1 fully saturated rings. The molecule has 7 heteroatoms. The van der Waals surface area contributed by atoms with Crippen LogP contribution in [-0.2, 0) is 20.9 Å². The van der Waals surface area contributed by atoms with Gasteiger partial charge in [-0.15, -0.1) is 0 Å². The summed E-state index contributed by atoms with van der Waals surface area (Å²) in [6.45, 7) is 0. The summed E-state index contributed by atoms with van der Waals surface area (Å²) in [6, 6.07) is 0. The normalized spacial score (nSPS) is 30.8. The summed E-state index contributed by atoms with van der Waals surface area (Å²) < 4.78 is 41.8. The van der Waals surface area contributed by atoms with Crippen LogP contribution in [0.5, 0.6) is 0 Å². The van der Waals surface area contributed by atoms with Crippen molar-refractivity contribution in [1.82, 2.24) is 0 Å². The Morgan fingerprint density at radius 2 is 2.00 bits per heavy atom. The van der Waals surface area contributed by atoms with Crippen LogP contribution in [0, 0.1) is 0 Å². The fourth-order valence-corrected chi connectivity index (χ4v) is 3.98. The number of rotatable bonds is 1. The monoisotopic (exact) mass is 206 g/mol. The van der Waals surface area contributed by atoms with Gasteiger partial charge in [-0.3, -0.25) is 4.21 Å². The van der Waals surface area contributed by atoms with Gasteiger partial charge >= 0.3 is 29.6 Å². The van der Waals surface area contributed by atoms with Gasteiger partial charge in [0.05, 0.1) is 11.5 Å². The van der Waals surface area contributed by atoms with Gasteiger partial charge in [0.25, 0.3) is 0 Å². The number of hydrogen-bond donors (Lipinski definition) is 0. The van der Waals surface area contributed by atoms with Gasteiger partial charge in [0.15, 0.2) is 9.84 Å². The van der Waals surface area contributed by atoms with Crippen LogP contribution in [0.15, 0.2) is 0 Å². The zero-order valence-corrected chi connectivity index (χ0v) is 9.78. The van der Waals surface area contributed by atoms with E-state index in [2.05, 4.69) is 0 Å². The van der Waals surface area contributed by atoms with Crippen LogP contribution in [0.25, 0.3) is 0 Å². The molecule has 0 amide bonds. The molecule has 0 spiro atoms. The molecule has 60 valence electrons. The molecule has 0 N–H and O–H groups in total. The molecule has 1 rings (SSSR count). The van der Waals surface area contributed by atoms with Crippen molar-refractivity contribution in [1.29, 1.82) is 0 Å². The first-order valence-corrected chi connectivity index (χ1v) is 5.76. The Morgan fingerprint density at radius 3 is 2.18 bits per heavy atom. The molecule has 1 aliphatic rings. The minimum absolute atomic E-state index is 0. The topological polar surface area (TPSA) is 74.3 Å². The molecule has 0 aliphatic carbocycles. The quantitative estimate of drug-likeness (QED) is 0.324. The van der Waals surface area contributed by atoms with Gasteiger partial charge in [0.1, 0.15) is 0 Å². The van der Waals surface area contributed by atoms with Crippen molar-refractivity contribution in [2.24, 2.45) is 0 Å². The molecule has 4 nitrogen and oxygen atoms in total. The molecular weight excluding hydrogens is 199 g/mol. The predicted molar refractivity (Wildman–Crippen MR) is 36.0 cm³/mol. The van der Waals surface area contributed by atoms with E-state index in [1.54, 1.807) is 0 Å². The van der Waals surface area contributed by atoms with E-state index in [0.717, 1.165) is 0 Å². The summed E-state index contributed by atoms with van der Waals surface area (Å²) >= 11 is -2.22. The standard InChI is InChI=1S/C4H8O4S2.Na/c5-9(6)4-1-2-10(7,8)3-4;/h4H,1-3H2,(H,5,6);/q;+1/p-1. The van der Waals surface area contributed by atoms with E-state index in [4.69, 9.17) is 0 Å². The minimum atomic E-state index is -3.03. The van der Waals surface area contributed by atoms with Crippen LogP contribution in [-0.4, -0.2) is 33.9 Å². The Hall–Kier alpha value is 1.06. The molecule has 1 aliphatic heterocycles. The van der Waals surface area contributed by atoms with Crippen molar-refractivity contribution in [2.75, 3.05) is 11.5 Å². The van der Waals surface area contributed by atoms with Crippen LogP contribution in [0.3, 0.4) is 0 Å². The SMILES string of the molecule is O=S([O-])C1CCS(=O)(=O)C1.[Na+]. The van der Waals surface area contributed by atoms with Gasteiger partial charge < -0.3 is 4.55 Å². The molecule has 0 aromatic rings. The van der Waals surface area contributed by atoms with Gasteiger partial charge in [-0.05, 0) is 6.42 Å². The van der Waals surface area contributed by atoms with Crippen molar-refractivity contribution in [3.05, 3.63) is 0 Å². The summed E-state index contributed by atoms with van der Waals surface area (Å²) in [4.78, 5) is 0. The van der Waals surface area contributed by atoms with Crippen molar-refractivity contribution in [3.63, 3.8) is 0 Å². The third-order valence-electron chi connectivity index (χ3n) is 1.46. The molecule has 0 bridgehead atoms. The maximum Gasteiger partial charge on any atom is 1.00 e. The van der Waals surface area contributed by atoms with Gasteiger partial charge in [-0.1, -0.05) is 11.1 Å². The first-order chi connectivity index (χ1) is 4.51. The van der Waals surface area contributed by atoms with Crippen molar-refractivity contribution < 1.29 is 46.7 Å². The Balaban J connectivity index is 0.000001000. The van der Waals surface area contributed by atoms with Gasteiger partial charge in [-0.2, -0.15) is 0 Å². The molecule has 0 aromatic heterocycles. The average molecular weight is 206 g/mol. The molecule has 0 radical (unpaired) electrons. The van der Waals surface area contributed by atoms with E-state index in [1.165, 1.54) is 0 Å². The third-order valence-corrected chi connectivity index (χ3v) is 4.39. The van der Waals surface area contributed by atoms with E-state index in [9.17, 15) is 17.2 Å². The third kappa shape index (κ3) is 3.52. The summed E-state index contributed by atoms with van der Waals surface area (Å²) in [6.07, 6.45) is 0.262. The first kappa shape index (κ1) is 12.1. The molecular formula is C4H7NaO4S2. The summed E-state index contributed by atoms with van der Waals surface area (Å²) in [5.74, 6) is -0.172. The fourth-order valence-electron chi connectivity index (χ4n) is 0.913. The van der Waals surface area contributed by atoms with Crippen LogP contribution in [0.4, 0.5) is 0 Å². The number of hydrogen-bond acceptors (Lipinski definition) is 4. The Bertz CT molecular complexity index is 247. The van der Waals surface area contributed by atoms with E-state index in [-0.39, 0.29) is 47.5 Å². The van der Waals surface area contributed by atoms with E-state index in [1.807, 2.05) is 0 Å². The molecule has 2 atom stereocenters. The van der Waals surface area contributed by atoms with Crippen LogP contribution >= 0.6 is 0 Å². The zero-order chi connectivity index (χ0) is 7.78. The van der Waals surface area contributed by atoms with E-state index >= 15 is 0 Å². The van der Waals surface area contributed by atoms with Crippen molar-refractivity contribution >= 4 is 20.9 Å². The second-order valence-corrected chi connectivity index (χ2v) is 5.70. The average Bonchev–Trinajstić information content (AvgIpc) is 2.10. The van der Waals surface area contributed by atoms with Gasteiger partial charge in [0.2, 0.25) is 0 Å². The van der Waals surface area contributed by atoms with Crippen molar-refractivity contribution in [2.45, 2.75) is 11.7 Å². The molecule has 0 aromatic carbocycles.